The molecule has 0 aliphatic carbocycles. The van der Waals surface area contributed by atoms with Crippen molar-refractivity contribution in [2.45, 2.75) is 32.4 Å². The molecule has 0 radical (unpaired) electrons. The normalized spacial score (nSPS) is 17.4. The van der Waals surface area contributed by atoms with Gasteiger partial charge in [-0.3, -0.25) is 4.79 Å². The molecule has 0 unspecified atom stereocenters. The maximum absolute atomic E-state index is 12.8. The van der Waals surface area contributed by atoms with E-state index in [0.29, 0.717) is 19.8 Å². The van der Waals surface area contributed by atoms with Crippen molar-refractivity contribution >= 4 is 22.9 Å². The van der Waals surface area contributed by atoms with Crippen LogP contribution >= 0.6 is 11.3 Å². The number of hydrogen-bond acceptors (Lipinski definition) is 5. The third kappa shape index (κ3) is 3.44. The van der Waals surface area contributed by atoms with Gasteiger partial charge >= 0.3 is 0 Å². The molecular weight excluding hydrogens is 336 g/mol. The number of nitrogens with one attached hydrogen (secondary N) is 1. The van der Waals surface area contributed by atoms with Crippen molar-refractivity contribution < 1.29 is 14.3 Å². The summed E-state index contributed by atoms with van der Waals surface area (Å²) in [7, 11) is 0. The number of thiophene rings is 1. The van der Waals surface area contributed by atoms with E-state index in [1.807, 2.05) is 30.0 Å². The molecule has 0 saturated carbocycles. The first-order valence-corrected chi connectivity index (χ1v) is 9.59. The van der Waals surface area contributed by atoms with Gasteiger partial charge in [-0.2, -0.15) is 0 Å². The van der Waals surface area contributed by atoms with Crippen LogP contribution < -0.4 is 14.8 Å². The molecule has 1 atom stereocenters. The summed E-state index contributed by atoms with van der Waals surface area (Å²) in [5.41, 5.74) is 2.16. The molecular formula is C19H22N2O3S. The highest BCUT2D eigenvalue weighted by atomic mass is 32.1. The van der Waals surface area contributed by atoms with Crippen LogP contribution in [0, 0.1) is 0 Å². The molecule has 0 fully saturated rings. The van der Waals surface area contributed by atoms with Crippen molar-refractivity contribution in [3.8, 4) is 11.5 Å². The zero-order valence-electron chi connectivity index (χ0n) is 14.3. The van der Waals surface area contributed by atoms with Gasteiger partial charge in [-0.05, 0) is 42.5 Å². The molecule has 4 rings (SSSR count). The molecule has 1 aromatic carbocycles. The summed E-state index contributed by atoms with van der Waals surface area (Å²) in [6, 6.07) is 7.59. The smallest absolute Gasteiger partial charge is 0.245 e. The van der Waals surface area contributed by atoms with Crippen molar-refractivity contribution in [1.29, 1.82) is 0 Å². The fourth-order valence-corrected chi connectivity index (χ4v) is 4.16. The van der Waals surface area contributed by atoms with Gasteiger partial charge in [0, 0.05) is 36.1 Å². The first-order valence-electron chi connectivity index (χ1n) is 8.71. The van der Waals surface area contributed by atoms with E-state index in [1.165, 1.54) is 10.4 Å². The van der Waals surface area contributed by atoms with Crippen LogP contribution in [-0.2, 0) is 17.8 Å². The van der Waals surface area contributed by atoms with E-state index in [2.05, 4.69) is 16.8 Å². The average molecular weight is 358 g/mol. The average Bonchev–Trinajstić information content (AvgIpc) is 2.97. The second kappa shape index (κ2) is 6.96. The van der Waals surface area contributed by atoms with Crippen LogP contribution in [-0.4, -0.2) is 36.6 Å². The maximum Gasteiger partial charge on any atom is 0.245 e. The third-order valence-electron chi connectivity index (χ3n) is 4.62. The van der Waals surface area contributed by atoms with Crippen molar-refractivity contribution in [2.75, 3.05) is 25.1 Å². The molecule has 132 valence electrons. The number of fused-ring (bicyclic) bond motifs is 2. The topological polar surface area (TPSA) is 50.8 Å². The number of carbonyl (C=O) groups excluding carboxylic acids is 1. The second-order valence-electron chi connectivity index (χ2n) is 6.46. The molecule has 6 heteroatoms. The standard InChI is InChI=1S/C19H22N2O3S/c1-13(19(22)21-7-5-18-14(12-21)6-10-25-18)20-15-3-4-16-17(11-15)24-9-2-8-23-16/h3-4,6,10-11,13,20H,2,5,7-9,12H2,1H3/t13-/m1/s1. The molecule has 0 bridgehead atoms. The van der Waals surface area contributed by atoms with Crippen LogP contribution in [0.2, 0.25) is 0 Å². The van der Waals surface area contributed by atoms with Crippen molar-refractivity contribution in [1.82, 2.24) is 4.90 Å². The Bertz CT molecular complexity index is 774. The van der Waals surface area contributed by atoms with Crippen molar-refractivity contribution in [2.24, 2.45) is 0 Å². The highest BCUT2D eigenvalue weighted by molar-refractivity contribution is 7.10. The van der Waals surface area contributed by atoms with E-state index in [4.69, 9.17) is 9.47 Å². The summed E-state index contributed by atoms with van der Waals surface area (Å²) in [6.07, 6.45) is 1.83. The lowest BCUT2D eigenvalue weighted by Gasteiger charge is -2.30. The van der Waals surface area contributed by atoms with E-state index >= 15 is 0 Å². The summed E-state index contributed by atoms with van der Waals surface area (Å²) in [6.45, 7) is 4.74. The molecule has 1 amide bonds. The highest BCUT2D eigenvalue weighted by Gasteiger charge is 2.25. The molecule has 3 heterocycles. The predicted molar refractivity (Wildman–Crippen MR) is 98.6 cm³/mol. The molecule has 25 heavy (non-hydrogen) atoms. The third-order valence-corrected chi connectivity index (χ3v) is 5.64. The number of amides is 1. The molecule has 0 saturated heterocycles. The maximum atomic E-state index is 12.8. The number of ether oxygens (including phenoxy) is 2. The van der Waals surface area contributed by atoms with E-state index in [9.17, 15) is 4.79 Å². The number of anilines is 1. The first kappa shape index (κ1) is 16.3. The van der Waals surface area contributed by atoms with E-state index in [1.54, 1.807) is 11.3 Å². The van der Waals surface area contributed by atoms with Crippen LogP contribution in [0.3, 0.4) is 0 Å². The Morgan fingerprint density at radius 1 is 1.24 bits per heavy atom. The zero-order valence-corrected chi connectivity index (χ0v) is 15.1. The minimum Gasteiger partial charge on any atom is -0.490 e. The largest absolute Gasteiger partial charge is 0.490 e. The number of hydrogen-bond donors (Lipinski definition) is 1. The summed E-state index contributed by atoms with van der Waals surface area (Å²) in [5, 5.41) is 5.41. The Balaban J connectivity index is 1.42. The fraction of sp³-hybridized carbons (Fsp3) is 0.421. The van der Waals surface area contributed by atoms with Gasteiger partial charge < -0.3 is 19.7 Å². The molecule has 2 aliphatic rings. The number of benzene rings is 1. The Morgan fingerprint density at radius 2 is 2.08 bits per heavy atom. The number of nitrogens with zero attached hydrogens (tertiary/aromatic N) is 1. The van der Waals surface area contributed by atoms with Crippen LogP contribution in [0.4, 0.5) is 5.69 Å². The van der Waals surface area contributed by atoms with Gasteiger partial charge in [0.15, 0.2) is 11.5 Å². The summed E-state index contributed by atoms with van der Waals surface area (Å²) >= 11 is 1.79. The van der Waals surface area contributed by atoms with Crippen LogP contribution in [0.5, 0.6) is 11.5 Å². The van der Waals surface area contributed by atoms with E-state index in [0.717, 1.165) is 36.6 Å². The van der Waals surface area contributed by atoms with Crippen LogP contribution in [0.25, 0.3) is 0 Å². The van der Waals surface area contributed by atoms with Gasteiger partial charge in [0.25, 0.3) is 0 Å². The molecule has 1 aromatic heterocycles. The molecule has 0 spiro atoms. The predicted octanol–water partition coefficient (Wildman–Crippen LogP) is 3.29. The van der Waals surface area contributed by atoms with Gasteiger partial charge in [-0.1, -0.05) is 0 Å². The SMILES string of the molecule is C[C@@H](Nc1ccc2c(c1)OCCCO2)C(=O)N1CCc2sccc2C1. The lowest BCUT2D eigenvalue weighted by Crippen LogP contribution is -2.43. The Morgan fingerprint density at radius 3 is 2.96 bits per heavy atom. The quantitative estimate of drug-likeness (QED) is 0.915. The monoisotopic (exact) mass is 358 g/mol. The zero-order chi connectivity index (χ0) is 17.2. The Kier molecular flexibility index (Phi) is 4.53. The van der Waals surface area contributed by atoms with Crippen LogP contribution in [0.1, 0.15) is 23.8 Å². The molecule has 2 aromatic rings. The Labute approximate surface area is 151 Å². The minimum atomic E-state index is -0.287. The van der Waals surface area contributed by atoms with Gasteiger partial charge in [0.1, 0.15) is 6.04 Å². The summed E-state index contributed by atoms with van der Waals surface area (Å²) < 4.78 is 11.4. The Hall–Kier alpha value is -2.21. The summed E-state index contributed by atoms with van der Waals surface area (Å²) in [4.78, 5) is 16.1. The number of rotatable bonds is 3. The first-order chi connectivity index (χ1) is 12.2. The molecule has 1 N–H and O–H groups in total. The van der Waals surface area contributed by atoms with E-state index in [-0.39, 0.29) is 11.9 Å². The van der Waals surface area contributed by atoms with Gasteiger partial charge in [0.05, 0.1) is 13.2 Å². The molecule has 5 nitrogen and oxygen atoms in total. The second-order valence-corrected chi connectivity index (χ2v) is 7.46. The lowest BCUT2D eigenvalue weighted by atomic mass is 10.1. The van der Waals surface area contributed by atoms with Crippen molar-refractivity contribution in [3.63, 3.8) is 0 Å². The minimum absolute atomic E-state index is 0.129. The lowest BCUT2D eigenvalue weighted by molar-refractivity contribution is -0.132. The van der Waals surface area contributed by atoms with Gasteiger partial charge in [0.2, 0.25) is 5.91 Å². The van der Waals surface area contributed by atoms with Gasteiger partial charge in [-0.15, -0.1) is 11.3 Å². The fourth-order valence-electron chi connectivity index (χ4n) is 3.28. The van der Waals surface area contributed by atoms with Gasteiger partial charge in [-0.25, -0.2) is 0 Å². The summed E-state index contributed by atoms with van der Waals surface area (Å²) in [5.74, 6) is 1.63. The van der Waals surface area contributed by atoms with E-state index < -0.39 is 0 Å². The van der Waals surface area contributed by atoms with Crippen molar-refractivity contribution in [3.05, 3.63) is 40.1 Å². The number of carbonyl (C=O) groups is 1. The molecule has 2 aliphatic heterocycles. The highest BCUT2D eigenvalue weighted by Crippen LogP contribution is 2.32. The van der Waals surface area contributed by atoms with Crippen LogP contribution in [0.15, 0.2) is 29.6 Å².